The van der Waals surface area contributed by atoms with Gasteiger partial charge in [0, 0.05) is 29.1 Å². The maximum atomic E-state index is 14.3. The molecule has 1 aliphatic carbocycles. The molecule has 0 radical (unpaired) electrons. The fraction of sp³-hybridized carbons (Fsp3) is 0.269. The summed E-state index contributed by atoms with van der Waals surface area (Å²) in [5.41, 5.74) is 12.7. The van der Waals surface area contributed by atoms with Gasteiger partial charge in [-0.15, -0.1) is 0 Å². The molecule has 1 aromatic carbocycles. The average Bonchev–Trinajstić information content (AvgIpc) is 3.54. The molecule has 7 heteroatoms. The van der Waals surface area contributed by atoms with E-state index in [9.17, 15) is 4.39 Å². The van der Waals surface area contributed by atoms with Gasteiger partial charge in [-0.25, -0.2) is 9.37 Å². The van der Waals surface area contributed by atoms with E-state index in [1.54, 1.807) is 18.5 Å². The second-order valence-electron chi connectivity index (χ2n) is 8.93. The lowest BCUT2D eigenvalue weighted by Gasteiger charge is -2.22. The molecule has 33 heavy (non-hydrogen) atoms. The summed E-state index contributed by atoms with van der Waals surface area (Å²) in [4.78, 5) is 9.10. The van der Waals surface area contributed by atoms with Crippen molar-refractivity contribution >= 4 is 5.82 Å². The van der Waals surface area contributed by atoms with Crippen LogP contribution in [0.2, 0.25) is 0 Å². The average molecular weight is 442 g/mol. The van der Waals surface area contributed by atoms with Crippen LogP contribution < -0.4 is 10.5 Å². The van der Waals surface area contributed by atoms with Crippen molar-refractivity contribution < 1.29 is 9.13 Å². The standard InChI is InChI=1S/C26H24FN5O/c1-15-22-11-20(27)6-7-21(22)24-17(3-2-8-29-24)14-32-25(18(13-31-32)9-16-4-5-16)19-10-23(33-15)26(28)30-12-19/h2-3,6-8,10-13,15-16H,4-5,9,14H2,1H3,(H2,28,30). The Morgan fingerprint density at radius 3 is 2.88 bits per heavy atom. The van der Waals surface area contributed by atoms with Crippen molar-refractivity contribution in [2.45, 2.75) is 38.8 Å². The van der Waals surface area contributed by atoms with Crippen molar-refractivity contribution in [3.63, 3.8) is 0 Å². The van der Waals surface area contributed by atoms with E-state index < -0.39 is 6.10 Å². The number of pyridine rings is 2. The van der Waals surface area contributed by atoms with Crippen molar-refractivity contribution in [2.24, 2.45) is 5.92 Å². The molecular formula is C26H24FN5O. The first-order valence-electron chi connectivity index (χ1n) is 11.3. The minimum Gasteiger partial charge on any atom is -0.482 e. The fourth-order valence-corrected chi connectivity index (χ4v) is 4.65. The van der Waals surface area contributed by atoms with Crippen LogP contribution in [0.3, 0.4) is 0 Å². The monoisotopic (exact) mass is 441 g/mol. The molecule has 0 amide bonds. The van der Waals surface area contributed by atoms with Crippen LogP contribution in [-0.2, 0) is 13.0 Å². The van der Waals surface area contributed by atoms with Crippen molar-refractivity contribution in [2.75, 3.05) is 5.73 Å². The highest BCUT2D eigenvalue weighted by atomic mass is 19.1. The zero-order valence-corrected chi connectivity index (χ0v) is 18.3. The van der Waals surface area contributed by atoms with Crippen LogP contribution in [0, 0.1) is 11.7 Å². The first-order valence-corrected chi connectivity index (χ1v) is 11.3. The maximum absolute atomic E-state index is 14.3. The Morgan fingerprint density at radius 1 is 1.15 bits per heavy atom. The Balaban J connectivity index is 1.60. The first kappa shape index (κ1) is 19.9. The van der Waals surface area contributed by atoms with Crippen molar-refractivity contribution in [3.8, 4) is 28.3 Å². The minimum absolute atomic E-state index is 0.300. The number of ether oxygens (including phenoxy) is 1. The van der Waals surface area contributed by atoms with Crippen molar-refractivity contribution in [3.05, 3.63) is 77.5 Å². The summed E-state index contributed by atoms with van der Waals surface area (Å²) >= 11 is 0. The van der Waals surface area contributed by atoms with E-state index in [0.29, 0.717) is 29.6 Å². The molecule has 1 aliphatic heterocycles. The van der Waals surface area contributed by atoms with E-state index in [-0.39, 0.29) is 5.82 Å². The largest absolute Gasteiger partial charge is 0.482 e. The highest BCUT2D eigenvalue weighted by molar-refractivity contribution is 5.70. The molecule has 4 aromatic rings. The lowest BCUT2D eigenvalue weighted by atomic mass is 9.96. The topological polar surface area (TPSA) is 78.9 Å². The molecule has 2 bridgehead atoms. The lowest BCUT2D eigenvalue weighted by molar-refractivity contribution is 0.227. The van der Waals surface area contributed by atoms with Crippen molar-refractivity contribution in [1.29, 1.82) is 0 Å². The molecule has 3 aromatic heterocycles. The van der Waals surface area contributed by atoms with Gasteiger partial charge in [0.2, 0.25) is 0 Å². The van der Waals surface area contributed by atoms with E-state index in [0.717, 1.165) is 34.5 Å². The number of aromatic nitrogens is 4. The Morgan fingerprint density at radius 2 is 2.03 bits per heavy atom. The number of fused-ring (bicyclic) bond motifs is 7. The molecule has 1 atom stereocenters. The van der Waals surface area contributed by atoms with Crippen molar-refractivity contribution in [1.82, 2.24) is 19.7 Å². The van der Waals surface area contributed by atoms with E-state index in [1.807, 2.05) is 36.0 Å². The number of nitrogens with zero attached hydrogens (tertiary/aromatic N) is 4. The van der Waals surface area contributed by atoms with Gasteiger partial charge in [-0.05, 0) is 73.6 Å². The summed E-state index contributed by atoms with van der Waals surface area (Å²) in [5, 5.41) is 4.75. The number of nitrogen functional groups attached to an aromatic ring is 1. The summed E-state index contributed by atoms with van der Waals surface area (Å²) in [6.07, 6.45) is 8.56. The van der Waals surface area contributed by atoms with Gasteiger partial charge < -0.3 is 10.5 Å². The predicted molar refractivity (Wildman–Crippen MR) is 124 cm³/mol. The van der Waals surface area contributed by atoms with Gasteiger partial charge in [0.05, 0.1) is 24.1 Å². The summed E-state index contributed by atoms with van der Waals surface area (Å²) in [6.45, 7) is 2.43. The van der Waals surface area contributed by atoms with Crippen LogP contribution in [0.4, 0.5) is 10.2 Å². The molecule has 0 spiro atoms. The van der Waals surface area contributed by atoms with Crippen LogP contribution in [0.5, 0.6) is 5.75 Å². The van der Waals surface area contributed by atoms with E-state index in [1.165, 1.54) is 30.5 Å². The SMILES string of the molecule is CC1Oc2cc(cnc2N)-c2c(CC3CC3)cnn2Cc2cccnc2-c2ccc(F)cc21. The number of nitrogens with two attached hydrogens (primary N) is 1. The number of hydrogen-bond donors (Lipinski definition) is 1. The predicted octanol–water partition coefficient (Wildman–Crippen LogP) is 5.18. The number of hydrogen-bond acceptors (Lipinski definition) is 5. The second-order valence-corrected chi connectivity index (χ2v) is 8.93. The van der Waals surface area contributed by atoms with Gasteiger partial charge in [0.15, 0.2) is 11.6 Å². The summed E-state index contributed by atoms with van der Waals surface area (Å²) in [6, 6.07) is 10.6. The Labute approximate surface area is 191 Å². The molecule has 1 unspecified atom stereocenters. The molecular weight excluding hydrogens is 417 g/mol. The minimum atomic E-state index is -0.458. The molecule has 6 rings (SSSR count). The van der Waals surface area contributed by atoms with Gasteiger partial charge in [-0.1, -0.05) is 6.07 Å². The number of rotatable bonds is 2. The van der Waals surface area contributed by atoms with Crippen LogP contribution in [0.15, 0.2) is 55.0 Å². The van der Waals surface area contributed by atoms with E-state index in [2.05, 4.69) is 9.97 Å². The van der Waals surface area contributed by atoms with Gasteiger partial charge >= 0.3 is 0 Å². The molecule has 4 heterocycles. The zero-order chi connectivity index (χ0) is 22.5. The van der Waals surface area contributed by atoms with Gasteiger partial charge in [0.1, 0.15) is 11.9 Å². The van der Waals surface area contributed by atoms with Crippen LogP contribution in [0.25, 0.3) is 22.5 Å². The van der Waals surface area contributed by atoms with Crippen LogP contribution >= 0.6 is 0 Å². The molecule has 166 valence electrons. The fourth-order valence-electron chi connectivity index (χ4n) is 4.65. The van der Waals surface area contributed by atoms with Gasteiger partial charge in [-0.2, -0.15) is 5.10 Å². The molecule has 0 saturated heterocycles. The Bertz CT molecular complexity index is 1360. The summed E-state index contributed by atoms with van der Waals surface area (Å²) in [7, 11) is 0. The third-order valence-electron chi connectivity index (χ3n) is 6.50. The highest BCUT2D eigenvalue weighted by Crippen LogP contribution is 2.39. The highest BCUT2D eigenvalue weighted by Gasteiger charge is 2.27. The maximum Gasteiger partial charge on any atom is 0.166 e. The third-order valence-corrected chi connectivity index (χ3v) is 6.50. The number of anilines is 1. The van der Waals surface area contributed by atoms with Crippen LogP contribution in [-0.4, -0.2) is 19.7 Å². The zero-order valence-electron chi connectivity index (χ0n) is 18.3. The molecule has 2 N–H and O–H groups in total. The normalized spacial score (nSPS) is 17.1. The van der Waals surface area contributed by atoms with Gasteiger partial charge in [0.25, 0.3) is 0 Å². The Kier molecular flexibility index (Phi) is 4.64. The molecule has 6 nitrogen and oxygen atoms in total. The second kappa shape index (κ2) is 7.69. The van der Waals surface area contributed by atoms with Gasteiger partial charge in [-0.3, -0.25) is 9.67 Å². The number of halogens is 1. The summed E-state index contributed by atoms with van der Waals surface area (Å²) < 4.78 is 22.6. The lowest BCUT2D eigenvalue weighted by Crippen LogP contribution is -2.12. The molecule has 1 fully saturated rings. The third kappa shape index (κ3) is 3.63. The summed E-state index contributed by atoms with van der Waals surface area (Å²) in [5.74, 6) is 1.16. The molecule has 2 aliphatic rings. The van der Waals surface area contributed by atoms with E-state index in [4.69, 9.17) is 15.6 Å². The first-order chi connectivity index (χ1) is 16.1. The van der Waals surface area contributed by atoms with E-state index >= 15 is 0 Å². The van der Waals surface area contributed by atoms with Crippen LogP contribution in [0.1, 0.15) is 42.6 Å². The smallest absolute Gasteiger partial charge is 0.166 e. The quantitative estimate of drug-likeness (QED) is 0.464. The number of benzene rings is 1. The molecule has 1 saturated carbocycles. The Hall–Kier alpha value is -3.74.